The Morgan fingerprint density at radius 3 is 2.71 bits per heavy atom. The highest BCUT2D eigenvalue weighted by molar-refractivity contribution is 5.40. The molecule has 88 valence electrons. The van der Waals surface area contributed by atoms with Crippen molar-refractivity contribution in [3.63, 3.8) is 0 Å². The van der Waals surface area contributed by atoms with Crippen LogP contribution in [-0.2, 0) is 5.60 Å². The second-order valence-electron chi connectivity index (χ2n) is 4.54. The van der Waals surface area contributed by atoms with Crippen LogP contribution in [0, 0.1) is 12.7 Å². The molecule has 4 heteroatoms. The third kappa shape index (κ3) is 1.65. The van der Waals surface area contributed by atoms with Crippen molar-refractivity contribution in [1.82, 2.24) is 9.55 Å². The summed E-state index contributed by atoms with van der Waals surface area (Å²) in [5.41, 5.74) is 0.341. The quantitative estimate of drug-likeness (QED) is 0.862. The van der Waals surface area contributed by atoms with Crippen LogP contribution < -0.4 is 0 Å². The number of hydrogen-bond acceptors (Lipinski definition) is 2. The smallest absolute Gasteiger partial charge is 0.147 e. The van der Waals surface area contributed by atoms with Gasteiger partial charge >= 0.3 is 0 Å². The minimum absolute atomic E-state index is 0.330. The van der Waals surface area contributed by atoms with Gasteiger partial charge in [-0.3, -0.25) is 0 Å². The van der Waals surface area contributed by atoms with E-state index in [4.69, 9.17) is 0 Å². The summed E-state index contributed by atoms with van der Waals surface area (Å²) in [6.07, 6.45) is 4.79. The molecule has 0 saturated heterocycles. The molecule has 17 heavy (non-hydrogen) atoms. The highest BCUT2D eigenvalue weighted by Gasteiger charge is 2.42. The lowest BCUT2D eigenvalue weighted by Gasteiger charge is -2.11. The molecule has 1 N–H and O–H groups in total. The van der Waals surface area contributed by atoms with Gasteiger partial charge in [-0.2, -0.15) is 0 Å². The highest BCUT2D eigenvalue weighted by Crippen LogP contribution is 2.45. The van der Waals surface area contributed by atoms with Gasteiger partial charge in [0, 0.05) is 12.4 Å². The van der Waals surface area contributed by atoms with E-state index in [1.54, 1.807) is 29.1 Å². The van der Waals surface area contributed by atoms with Crippen LogP contribution in [0.15, 0.2) is 30.6 Å². The molecule has 0 bridgehead atoms. The molecule has 0 aliphatic heterocycles. The van der Waals surface area contributed by atoms with Crippen molar-refractivity contribution < 1.29 is 9.50 Å². The predicted molar refractivity (Wildman–Crippen MR) is 61.4 cm³/mol. The summed E-state index contributed by atoms with van der Waals surface area (Å²) in [7, 11) is 0. The minimum Gasteiger partial charge on any atom is -0.385 e. The Kier molecular flexibility index (Phi) is 2.10. The number of benzene rings is 1. The molecule has 1 fully saturated rings. The molecule has 3 nitrogen and oxygen atoms in total. The second kappa shape index (κ2) is 3.40. The van der Waals surface area contributed by atoms with Crippen molar-refractivity contribution in [1.29, 1.82) is 0 Å². The lowest BCUT2D eigenvalue weighted by molar-refractivity contribution is 0.151. The zero-order valence-electron chi connectivity index (χ0n) is 9.52. The number of rotatable bonds is 2. The zero-order valence-corrected chi connectivity index (χ0v) is 9.52. The molecule has 0 radical (unpaired) electrons. The first-order valence-corrected chi connectivity index (χ1v) is 5.63. The van der Waals surface area contributed by atoms with Gasteiger partial charge in [-0.25, -0.2) is 9.37 Å². The van der Waals surface area contributed by atoms with Crippen molar-refractivity contribution in [2.75, 3.05) is 0 Å². The Labute approximate surface area is 98.5 Å². The first-order chi connectivity index (χ1) is 8.10. The molecule has 1 aliphatic carbocycles. The van der Waals surface area contributed by atoms with E-state index >= 15 is 0 Å². The van der Waals surface area contributed by atoms with Gasteiger partial charge in [0.05, 0.1) is 11.3 Å². The van der Waals surface area contributed by atoms with E-state index in [1.807, 2.05) is 6.92 Å². The van der Waals surface area contributed by atoms with Crippen LogP contribution in [-0.4, -0.2) is 14.7 Å². The number of aromatic nitrogens is 2. The molecule has 1 aromatic heterocycles. The van der Waals surface area contributed by atoms with Crippen LogP contribution in [0.4, 0.5) is 4.39 Å². The number of hydrogen-bond donors (Lipinski definition) is 1. The largest absolute Gasteiger partial charge is 0.385 e. The maximum Gasteiger partial charge on any atom is 0.147 e. The van der Waals surface area contributed by atoms with Gasteiger partial charge in [-0.1, -0.05) is 6.07 Å². The first kappa shape index (κ1) is 10.5. The third-order valence-electron chi connectivity index (χ3n) is 3.29. The highest BCUT2D eigenvalue weighted by atomic mass is 19.1. The van der Waals surface area contributed by atoms with Crippen LogP contribution >= 0.6 is 0 Å². The fourth-order valence-electron chi connectivity index (χ4n) is 2.03. The summed E-state index contributed by atoms with van der Waals surface area (Å²) in [5, 5.41) is 9.91. The Hall–Kier alpha value is -1.68. The van der Waals surface area contributed by atoms with Gasteiger partial charge in [-0.15, -0.1) is 0 Å². The van der Waals surface area contributed by atoms with Crippen molar-refractivity contribution in [2.24, 2.45) is 0 Å². The molecule has 0 amide bonds. The van der Waals surface area contributed by atoms with Crippen LogP contribution in [0.25, 0.3) is 5.69 Å². The van der Waals surface area contributed by atoms with E-state index in [1.165, 1.54) is 6.07 Å². The summed E-state index contributed by atoms with van der Waals surface area (Å²) in [6, 6.07) is 4.89. The van der Waals surface area contributed by atoms with Crippen molar-refractivity contribution in [3.8, 4) is 5.69 Å². The molecular weight excluding hydrogens is 219 g/mol. The number of halogens is 1. The van der Waals surface area contributed by atoms with E-state index in [-0.39, 0.29) is 5.82 Å². The normalized spacial score (nSPS) is 17.1. The maximum atomic E-state index is 14.0. The van der Waals surface area contributed by atoms with E-state index in [9.17, 15) is 9.50 Å². The molecular formula is C13H13FN2O. The zero-order chi connectivity index (χ0) is 12.0. The van der Waals surface area contributed by atoms with E-state index in [0.29, 0.717) is 11.3 Å². The Morgan fingerprint density at radius 2 is 2.18 bits per heavy atom. The molecule has 1 saturated carbocycles. The topological polar surface area (TPSA) is 38.0 Å². The summed E-state index contributed by atoms with van der Waals surface area (Å²) < 4.78 is 15.7. The van der Waals surface area contributed by atoms with Gasteiger partial charge in [-0.05, 0) is 37.5 Å². The van der Waals surface area contributed by atoms with Crippen molar-refractivity contribution in [2.45, 2.75) is 25.4 Å². The van der Waals surface area contributed by atoms with E-state index in [0.717, 1.165) is 18.7 Å². The monoisotopic (exact) mass is 232 g/mol. The molecule has 0 spiro atoms. The molecule has 2 aromatic rings. The SMILES string of the molecule is Cc1nccn1-c1ccc(C2(O)CC2)cc1F. The third-order valence-corrected chi connectivity index (χ3v) is 3.29. The second-order valence-corrected chi connectivity index (χ2v) is 4.54. The van der Waals surface area contributed by atoms with Crippen LogP contribution in [0.1, 0.15) is 24.2 Å². The summed E-state index contributed by atoms with van der Waals surface area (Å²) in [4.78, 5) is 4.06. The number of aryl methyl sites for hydroxylation is 1. The molecule has 0 unspecified atom stereocenters. The average molecular weight is 232 g/mol. The minimum atomic E-state index is -0.788. The van der Waals surface area contributed by atoms with Crippen LogP contribution in [0.5, 0.6) is 0 Å². The summed E-state index contributed by atoms with van der Waals surface area (Å²) >= 11 is 0. The molecule has 1 aromatic carbocycles. The van der Waals surface area contributed by atoms with Crippen molar-refractivity contribution >= 4 is 0 Å². The average Bonchev–Trinajstić information content (AvgIpc) is 2.91. The lowest BCUT2D eigenvalue weighted by Crippen LogP contribution is -2.06. The van der Waals surface area contributed by atoms with Gasteiger partial charge in [0.25, 0.3) is 0 Å². The maximum absolute atomic E-state index is 14.0. The Bertz CT molecular complexity index is 573. The molecule has 1 aliphatic rings. The first-order valence-electron chi connectivity index (χ1n) is 5.63. The lowest BCUT2D eigenvalue weighted by atomic mass is 10.1. The van der Waals surface area contributed by atoms with Gasteiger partial charge in [0.15, 0.2) is 0 Å². The summed E-state index contributed by atoms with van der Waals surface area (Å²) in [5.74, 6) is 0.408. The standard InChI is InChI=1S/C13H13FN2O/c1-9-15-6-7-16(9)12-3-2-10(8-11(12)14)13(17)4-5-13/h2-3,6-8,17H,4-5H2,1H3. The fraction of sp³-hybridized carbons (Fsp3) is 0.308. The number of imidazole rings is 1. The van der Waals surface area contributed by atoms with Gasteiger partial charge in [0.1, 0.15) is 11.6 Å². The Morgan fingerprint density at radius 1 is 1.41 bits per heavy atom. The number of nitrogens with zero attached hydrogens (tertiary/aromatic N) is 2. The Balaban J connectivity index is 2.06. The van der Waals surface area contributed by atoms with Crippen LogP contribution in [0.2, 0.25) is 0 Å². The van der Waals surface area contributed by atoms with Gasteiger partial charge < -0.3 is 9.67 Å². The van der Waals surface area contributed by atoms with E-state index < -0.39 is 5.60 Å². The van der Waals surface area contributed by atoms with Gasteiger partial charge in [0.2, 0.25) is 0 Å². The van der Waals surface area contributed by atoms with E-state index in [2.05, 4.69) is 4.98 Å². The van der Waals surface area contributed by atoms with Crippen molar-refractivity contribution in [3.05, 3.63) is 47.8 Å². The van der Waals surface area contributed by atoms with Crippen LogP contribution in [0.3, 0.4) is 0 Å². The number of aliphatic hydroxyl groups is 1. The fourth-order valence-corrected chi connectivity index (χ4v) is 2.03. The molecule has 1 heterocycles. The summed E-state index contributed by atoms with van der Waals surface area (Å²) in [6.45, 7) is 1.82. The molecule has 0 atom stereocenters. The molecule has 3 rings (SSSR count). The predicted octanol–water partition coefficient (Wildman–Crippen LogP) is 2.30.